The summed E-state index contributed by atoms with van der Waals surface area (Å²) in [6.07, 6.45) is 1.56. The Morgan fingerprint density at radius 3 is 2.33 bits per heavy atom. The minimum absolute atomic E-state index is 0.0368. The molecule has 3 nitrogen and oxygen atoms in total. The lowest BCUT2D eigenvalue weighted by atomic mass is 9.84. The molecule has 1 aromatic rings. The topological polar surface area (TPSA) is 37.4 Å². The predicted molar refractivity (Wildman–Crippen MR) is 79.9 cm³/mol. The van der Waals surface area contributed by atoms with Gasteiger partial charge in [-0.05, 0) is 24.3 Å². The Balaban J connectivity index is 2.48. The van der Waals surface area contributed by atoms with Gasteiger partial charge in [-0.3, -0.25) is 9.59 Å². The Morgan fingerprint density at radius 2 is 1.81 bits per heavy atom. The number of alkyl halides is 1. The molecule has 2 rings (SSSR count). The molecule has 0 saturated heterocycles. The van der Waals surface area contributed by atoms with Crippen molar-refractivity contribution in [1.82, 2.24) is 0 Å². The van der Waals surface area contributed by atoms with Crippen molar-refractivity contribution in [2.24, 2.45) is 5.41 Å². The number of rotatable bonds is 5. The van der Waals surface area contributed by atoms with Gasteiger partial charge in [0, 0.05) is 17.9 Å². The van der Waals surface area contributed by atoms with Gasteiger partial charge in [-0.15, -0.1) is 0 Å². The van der Waals surface area contributed by atoms with Crippen LogP contribution in [0.2, 0.25) is 0 Å². The van der Waals surface area contributed by atoms with E-state index in [4.69, 9.17) is 0 Å². The second-order valence-corrected chi connectivity index (χ2v) is 5.90. The van der Waals surface area contributed by atoms with Crippen molar-refractivity contribution in [2.45, 2.75) is 26.7 Å². The Bertz CT molecular complexity index is 591. The van der Waals surface area contributed by atoms with Gasteiger partial charge in [0.2, 0.25) is 0 Å². The number of Topliss-reactive ketones (excluding diaryl/α,β-unsaturated/α-hetero) is 1. The minimum Gasteiger partial charge on any atom is -0.304 e. The molecule has 0 fully saturated rings. The van der Waals surface area contributed by atoms with Crippen molar-refractivity contribution in [2.75, 3.05) is 16.8 Å². The molecule has 0 aromatic heterocycles. The summed E-state index contributed by atoms with van der Waals surface area (Å²) in [6, 6.07) is 1.68. The molecule has 1 aliphatic heterocycles. The number of fused-ring (bicyclic) bond motifs is 1. The maximum absolute atomic E-state index is 13.8. The Morgan fingerprint density at radius 1 is 1.19 bits per heavy atom. The molecule has 1 aliphatic rings. The molecule has 1 aromatic carbocycles. The first kappa shape index (κ1) is 16.1. The summed E-state index contributed by atoms with van der Waals surface area (Å²) >= 11 is 3.43. The number of anilines is 1. The van der Waals surface area contributed by atoms with Crippen LogP contribution in [0.25, 0.3) is 0 Å². The maximum Gasteiger partial charge on any atom is 0.299 e. The van der Waals surface area contributed by atoms with E-state index in [0.717, 1.165) is 18.9 Å². The third kappa shape index (κ3) is 2.61. The highest BCUT2D eigenvalue weighted by Gasteiger charge is 2.42. The average Bonchev–Trinajstić information content (AvgIpc) is 2.69. The molecule has 0 radical (unpaired) electrons. The summed E-state index contributed by atoms with van der Waals surface area (Å²) in [5, 5.41) is 0.637. The fourth-order valence-corrected chi connectivity index (χ4v) is 3.50. The van der Waals surface area contributed by atoms with Crippen molar-refractivity contribution in [1.29, 1.82) is 0 Å². The first-order chi connectivity index (χ1) is 9.89. The van der Waals surface area contributed by atoms with Gasteiger partial charge in [0.15, 0.2) is 0 Å². The molecular formula is C15H16BrF2NO2. The summed E-state index contributed by atoms with van der Waals surface area (Å²) in [7, 11) is 0. The zero-order valence-corrected chi connectivity index (χ0v) is 13.5. The molecule has 21 heavy (non-hydrogen) atoms. The molecule has 0 saturated carbocycles. The quantitative estimate of drug-likeness (QED) is 0.593. The fourth-order valence-electron chi connectivity index (χ4n) is 2.53. The van der Waals surface area contributed by atoms with Crippen LogP contribution in [0.1, 0.15) is 37.0 Å². The summed E-state index contributed by atoms with van der Waals surface area (Å²) in [4.78, 5) is 25.3. The van der Waals surface area contributed by atoms with Gasteiger partial charge in [-0.25, -0.2) is 8.78 Å². The SMILES string of the molecule is CCC(CC)(CBr)CN1C(=O)C(=O)c2c(F)cc(F)cc21. The molecule has 0 atom stereocenters. The lowest BCUT2D eigenvalue weighted by molar-refractivity contribution is -0.114. The van der Waals surface area contributed by atoms with Gasteiger partial charge >= 0.3 is 0 Å². The van der Waals surface area contributed by atoms with E-state index >= 15 is 0 Å². The van der Waals surface area contributed by atoms with Gasteiger partial charge in [0.25, 0.3) is 11.7 Å². The zero-order chi connectivity index (χ0) is 15.8. The number of hydrogen-bond donors (Lipinski definition) is 0. The predicted octanol–water partition coefficient (Wildman–Crippen LogP) is 3.70. The van der Waals surface area contributed by atoms with Crippen LogP contribution in [0, 0.1) is 17.0 Å². The summed E-state index contributed by atoms with van der Waals surface area (Å²) in [5.74, 6) is -3.47. The van der Waals surface area contributed by atoms with Crippen LogP contribution >= 0.6 is 15.9 Å². The van der Waals surface area contributed by atoms with Gasteiger partial charge in [0.1, 0.15) is 11.6 Å². The van der Waals surface area contributed by atoms with Gasteiger partial charge < -0.3 is 4.90 Å². The molecule has 1 amide bonds. The molecule has 1 heterocycles. The van der Waals surface area contributed by atoms with E-state index in [1.807, 2.05) is 13.8 Å². The normalized spacial score (nSPS) is 14.8. The lowest BCUT2D eigenvalue weighted by Gasteiger charge is -2.34. The van der Waals surface area contributed by atoms with Gasteiger partial charge in [-0.2, -0.15) is 0 Å². The number of hydrogen-bond acceptors (Lipinski definition) is 2. The highest BCUT2D eigenvalue weighted by atomic mass is 79.9. The van der Waals surface area contributed by atoms with E-state index in [0.29, 0.717) is 11.4 Å². The third-order valence-electron chi connectivity index (χ3n) is 4.27. The molecule has 6 heteroatoms. The third-order valence-corrected chi connectivity index (χ3v) is 5.46. The van der Waals surface area contributed by atoms with Crippen LogP contribution in [-0.2, 0) is 4.79 Å². The van der Waals surface area contributed by atoms with Crippen LogP contribution in [0.4, 0.5) is 14.5 Å². The van der Waals surface area contributed by atoms with Crippen LogP contribution < -0.4 is 4.90 Å². The summed E-state index contributed by atoms with van der Waals surface area (Å²) in [5.41, 5.74) is -0.521. The van der Waals surface area contributed by atoms with E-state index < -0.39 is 23.3 Å². The Hall–Kier alpha value is -1.30. The molecule has 114 valence electrons. The largest absolute Gasteiger partial charge is 0.304 e. The molecule has 0 unspecified atom stereocenters. The fraction of sp³-hybridized carbons (Fsp3) is 0.467. The zero-order valence-electron chi connectivity index (χ0n) is 11.9. The van der Waals surface area contributed by atoms with E-state index in [2.05, 4.69) is 15.9 Å². The summed E-state index contributed by atoms with van der Waals surface area (Å²) in [6.45, 7) is 4.23. The van der Waals surface area contributed by atoms with E-state index in [1.165, 1.54) is 4.90 Å². The molecule has 0 aliphatic carbocycles. The van der Waals surface area contributed by atoms with Crippen molar-refractivity contribution in [3.63, 3.8) is 0 Å². The first-order valence-electron chi connectivity index (χ1n) is 6.80. The number of amides is 1. The Kier molecular flexibility index (Phi) is 4.46. The van der Waals surface area contributed by atoms with Crippen molar-refractivity contribution < 1.29 is 18.4 Å². The van der Waals surface area contributed by atoms with Gasteiger partial charge in [-0.1, -0.05) is 29.8 Å². The van der Waals surface area contributed by atoms with Crippen LogP contribution in [-0.4, -0.2) is 23.6 Å². The summed E-state index contributed by atoms with van der Waals surface area (Å²) < 4.78 is 27.2. The lowest BCUT2D eigenvalue weighted by Crippen LogP contribution is -2.41. The average molecular weight is 360 g/mol. The van der Waals surface area contributed by atoms with Crippen LogP contribution in [0.5, 0.6) is 0 Å². The van der Waals surface area contributed by atoms with E-state index in [-0.39, 0.29) is 23.2 Å². The Labute approximate surface area is 130 Å². The van der Waals surface area contributed by atoms with E-state index in [9.17, 15) is 18.4 Å². The number of carbonyl (C=O) groups is 2. The van der Waals surface area contributed by atoms with Crippen molar-refractivity contribution in [3.05, 3.63) is 29.3 Å². The van der Waals surface area contributed by atoms with Crippen LogP contribution in [0.15, 0.2) is 12.1 Å². The van der Waals surface area contributed by atoms with Crippen LogP contribution in [0.3, 0.4) is 0 Å². The number of ketones is 1. The second kappa shape index (κ2) is 5.83. The minimum atomic E-state index is -0.983. The second-order valence-electron chi connectivity index (χ2n) is 5.34. The number of benzene rings is 1. The smallest absolute Gasteiger partial charge is 0.299 e. The number of halogens is 3. The first-order valence-corrected chi connectivity index (χ1v) is 7.92. The number of carbonyl (C=O) groups excluding carboxylic acids is 2. The van der Waals surface area contributed by atoms with Crippen molar-refractivity contribution in [3.8, 4) is 0 Å². The number of nitrogens with zero attached hydrogens (tertiary/aromatic N) is 1. The highest BCUT2D eigenvalue weighted by molar-refractivity contribution is 9.09. The molecular weight excluding hydrogens is 344 g/mol. The molecule has 0 spiro atoms. The highest BCUT2D eigenvalue weighted by Crippen LogP contribution is 2.37. The van der Waals surface area contributed by atoms with Gasteiger partial charge in [0.05, 0.1) is 11.3 Å². The van der Waals surface area contributed by atoms with Crippen molar-refractivity contribution >= 4 is 33.3 Å². The molecule has 0 N–H and O–H groups in total. The maximum atomic E-state index is 13.8. The molecule has 0 bridgehead atoms. The monoisotopic (exact) mass is 359 g/mol. The standard InChI is InChI=1S/C15H16BrF2NO2/c1-3-15(4-2,7-16)8-19-11-6-9(17)5-10(18)12(11)13(20)14(19)21/h5-6H,3-4,7-8H2,1-2H3. The van der Waals surface area contributed by atoms with E-state index in [1.54, 1.807) is 0 Å².